The van der Waals surface area contributed by atoms with E-state index in [1.54, 1.807) is 12.1 Å². The Morgan fingerprint density at radius 3 is 2.65 bits per heavy atom. The highest BCUT2D eigenvalue weighted by molar-refractivity contribution is 5.84. The number of nitrogens with one attached hydrogen (secondary N) is 1. The SMILES string of the molecule is CCOc1ccc(NC(=O)OCc2ccccc2)cn1. The van der Waals surface area contributed by atoms with Crippen LogP contribution in [0, 0.1) is 0 Å². The van der Waals surface area contributed by atoms with E-state index in [4.69, 9.17) is 9.47 Å². The number of hydrogen-bond acceptors (Lipinski definition) is 4. The first-order valence-corrected chi connectivity index (χ1v) is 6.34. The maximum atomic E-state index is 11.6. The fourth-order valence-electron chi connectivity index (χ4n) is 1.56. The van der Waals surface area contributed by atoms with E-state index in [0.29, 0.717) is 18.2 Å². The third-order valence-electron chi connectivity index (χ3n) is 2.49. The summed E-state index contributed by atoms with van der Waals surface area (Å²) in [5.74, 6) is 0.524. The first kappa shape index (κ1) is 13.9. The molecule has 2 aromatic rings. The molecule has 0 saturated carbocycles. The topological polar surface area (TPSA) is 60.5 Å². The summed E-state index contributed by atoms with van der Waals surface area (Å²) in [4.78, 5) is 15.7. The molecule has 0 atom stereocenters. The molecule has 1 aromatic heterocycles. The second-order valence-corrected chi connectivity index (χ2v) is 4.00. The molecule has 0 bridgehead atoms. The third-order valence-corrected chi connectivity index (χ3v) is 2.49. The van der Waals surface area contributed by atoms with Gasteiger partial charge in [-0.3, -0.25) is 5.32 Å². The summed E-state index contributed by atoms with van der Waals surface area (Å²) >= 11 is 0. The highest BCUT2D eigenvalue weighted by atomic mass is 16.5. The Hall–Kier alpha value is -2.56. The number of rotatable bonds is 5. The summed E-state index contributed by atoms with van der Waals surface area (Å²) in [6, 6.07) is 12.9. The molecule has 5 nitrogen and oxygen atoms in total. The summed E-state index contributed by atoms with van der Waals surface area (Å²) in [6.45, 7) is 2.67. The maximum Gasteiger partial charge on any atom is 0.412 e. The summed E-state index contributed by atoms with van der Waals surface area (Å²) in [5, 5.41) is 2.60. The van der Waals surface area contributed by atoms with Crippen LogP contribution in [-0.2, 0) is 11.3 Å². The minimum atomic E-state index is -0.514. The van der Waals surface area contributed by atoms with Crippen LogP contribution in [0.1, 0.15) is 12.5 Å². The minimum absolute atomic E-state index is 0.233. The first-order valence-electron chi connectivity index (χ1n) is 6.34. The van der Waals surface area contributed by atoms with E-state index in [1.165, 1.54) is 6.20 Å². The van der Waals surface area contributed by atoms with Crippen molar-refractivity contribution in [2.75, 3.05) is 11.9 Å². The molecule has 0 aliphatic carbocycles. The molecule has 1 amide bonds. The summed E-state index contributed by atoms with van der Waals surface area (Å²) < 4.78 is 10.3. The van der Waals surface area contributed by atoms with Crippen molar-refractivity contribution in [3.05, 3.63) is 54.2 Å². The summed E-state index contributed by atoms with van der Waals surface area (Å²) in [7, 11) is 0. The van der Waals surface area contributed by atoms with Crippen LogP contribution in [0.3, 0.4) is 0 Å². The molecule has 104 valence electrons. The Bertz CT molecular complexity index is 541. The molecule has 20 heavy (non-hydrogen) atoms. The zero-order valence-electron chi connectivity index (χ0n) is 11.2. The first-order chi connectivity index (χ1) is 9.78. The van der Waals surface area contributed by atoms with Crippen molar-refractivity contribution in [3.63, 3.8) is 0 Å². The van der Waals surface area contributed by atoms with Crippen LogP contribution in [0.4, 0.5) is 10.5 Å². The van der Waals surface area contributed by atoms with Crippen LogP contribution >= 0.6 is 0 Å². The third kappa shape index (κ3) is 4.28. The fourth-order valence-corrected chi connectivity index (χ4v) is 1.56. The summed E-state index contributed by atoms with van der Waals surface area (Å²) in [6.07, 6.45) is 1.01. The average Bonchev–Trinajstić information content (AvgIpc) is 2.49. The van der Waals surface area contributed by atoms with Gasteiger partial charge in [-0.1, -0.05) is 30.3 Å². The molecule has 0 unspecified atom stereocenters. The van der Waals surface area contributed by atoms with Crippen LogP contribution in [0.2, 0.25) is 0 Å². The number of amides is 1. The van der Waals surface area contributed by atoms with Gasteiger partial charge in [0.05, 0.1) is 18.5 Å². The molecule has 5 heteroatoms. The standard InChI is InChI=1S/C15H16N2O3/c1-2-19-14-9-8-13(10-16-14)17-15(18)20-11-12-6-4-3-5-7-12/h3-10H,2,11H2,1H3,(H,17,18). The zero-order chi connectivity index (χ0) is 14.2. The lowest BCUT2D eigenvalue weighted by Gasteiger charge is -2.07. The molecule has 0 radical (unpaired) electrons. The lowest BCUT2D eigenvalue weighted by molar-refractivity contribution is 0.155. The zero-order valence-corrected chi connectivity index (χ0v) is 11.2. The van der Waals surface area contributed by atoms with E-state index in [-0.39, 0.29) is 6.61 Å². The Labute approximate surface area is 117 Å². The van der Waals surface area contributed by atoms with Crippen molar-refractivity contribution in [1.82, 2.24) is 4.98 Å². The van der Waals surface area contributed by atoms with Crippen molar-refractivity contribution in [1.29, 1.82) is 0 Å². The lowest BCUT2D eigenvalue weighted by atomic mass is 10.2. The van der Waals surface area contributed by atoms with E-state index < -0.39 is 6.09 Å². The number of hydrogen-bond donors (Lipinski definition) is 1. The molecule has 1 aromatic carbocycles. The van der Waals surface area contributed by atoms with Crippen molar-refractivity contribution >= 4 is 11.8 Å². The second kappa shape index (κ2) is 7.13. The highest BCUT2D eigenvalue weighted by Crippen LogP contribution is 2.12. The van der Waals surface area contributed by atoms with Gasteiger partial charge in [0.2, 0.25) is 5.88 Å². The van der Waals surface area contributed by atoms with Gasteiger partial charge in [-0.2, -0.15) is 0 Å². The highest BCUT2D eigenvalue weighted by Gasteiger charge is 2.04. The number of ether oxygens (including phenoxy) is 2. The summed E-state index contributed by atoms with van der Waals surface area (Å²) in [5.41, 5.74) is 1.50. The predicted molar refractivity (Wildman–Crippen MR) is 75.7 cm³/mol. The van der Waals surface area contributed by atoms with Crippen LogP contribution in [0.15, 0.2) is 48.7 Å². The van der Waals surface area contributed by atoms with Crippen LogP contribution < -0.4 is 10.1 Å². The van der Waals surface area contributed by atoms with E-state index in [1.807, 2.05) is 37.3 Å². The number of anilines is 1. The van der Waals surface area contributed by atoms with E-state index in [0.717, 1.165) is 5.56 Å². The van der Waals surface area contributed by atoms with Crippen LogP contribution in [0.5, 0.6) is 5.88 Å². The van der Waals surface area contributed by atoms with Gasteiger partial charge in [-0.15, -0.1) is 0 Å². The number of nitrogens with zero attached hydrogens (tertiary/aromatic N) is 1. The van der Waals surface area contributed by atoms with Crippen LogP contribution in [-0.4, -0.2) is 17.7 Å². The Balaban J connectivity index is 1.82. The largest absolute Gasteiger partial charge is 0.478 e. The Morgan fingerprint density at radius 2 is 2.00 bits per heavy atom. The molecule has 0 spiro atoms. The van der Waals surface area contributed by atoms with Gasteiger partial charge in [-0.05, 0) is 18.6 Å². The van der Waals surface area contributed by atoms with Gasteiger partial charge in [0.25, 0.3) is 0 Å². The number of carbonyl (C=O) groups is 1. The molecule has 0 saturated heterocycles. The van der Waals surface area contributed by atoms with Gasteiger partial charge in [0, 0.05) is 6.07 Å². The fraction of sp³-hybridized carbons (Fsp3) is 0.200. The lowest BCUT2D eigenvalue weighted by Crippen LogP contribution is -2.13. The van der Waals surface area contributed by atoms with Gasteiger partial charge in [-0.25, -0.2) is 9.78 Å². The molecule has 1 N–H and O–H groups in total. The minimum Gasteiger partial charge on any atom is -0.478 e. The van der Waals surface area contributed by atoms with Gasteiger partial charge < -0.3 is 9.47 Å². The monoisotopic (exact) mass is 272 g/mol. The van der Waals surface area contributed by atoms with Gasteiger partial charge >= 0.3 is 6.09 Å². The van der Waals surface area contributed by atoms with Crippen molar-refractivity contribution in [2.45, 2.75) is 13.5 Å². The Kier molecular flexibility index (Phi) is 4.94. The van der Waals surface area contributed by atoms with E-state index >= 15 is 0 Å². The number of carbonyl (C=O) groups excluding carboxylic acids is 1. The molecule has 0 aliphatic rings. The number of benzene rings is 1. The van der Waals surface area contributed by atoms with Gasteiger partial charge in [0.1, 0.15) is 6.61 Å². The molecular formula is C15H16N2O3. The molecule has 1 heterocycles. The van der Waals surface area contributed by atoms with Gasteiger partial charge in [0.15, 0.2) is 0 Å². The quantitative estimate of drug-likeness (QED) is 0.907. The molecular weight excluding hydrogens is 256 g/mol. The molecule has 0 aliphatic heterocycles. The normalized spacial score (nSPS) is 9.85. The second-order valence-electron chi connectivity index (χ2n) is 4.00. The Morgan fingerprint density at radius 1 is 1.20 bits per heavy atom. The smallest absolute Gasteiger partial charge is 0.412 e. The predicted octanol–water partition coefficient (Wildman–Crippen LogP) is 3.23. The average molecular weight is 272 g/mol. The number of pyridine rings is 1. The van der Waals surface area contributed by atoms with Crippen molar-refractivity contribution < 1.29 is 14.3 Å². The number of aromatic nitrogens is 1. The van der Waals surface area contributed by atoms with Crippen molar-refractivity contribution in [2.24, 2.45) is 0 Å². The van der Waals surface area contributed by atoms with Crippen LogP contribution in [0.25, 0.3) is 0 Å². The molecule has 0 fully saturated rings. The van der Waals surface area contributed by atoms with Crippen molar-refractivity contribution in [3.8, 4) is 5.88 Å². The molecule has 2 rings (SSSR count). The maximum absolute atomic E-state index is 11.6. The van der Waals surface area contributed by atoms with E-state index in [2.05, 4.69) is 10.3 Å². The van der Waals surface area contributed by atoms with E-state index in [9.17, 15) is 4.79 Å².